The van der Waals surface area contributed by atoms with Gasteiger partial charge in [-0.15, -0.1) is 11.3 Å². The second-order valence-corrected chi connectivity index (χ2v) is 15.4. The van der Waals surface area contributed by atoms with Gasteiger partial charge in [0, 0.05) is 57.2 Å². The molecule has 7 rings (SSSR count). The van der Waals surface area contributed by atoms with Crippen molar-refractivity contribution in [3.63, 3.8) is 0 Å². The Morgan fingerprint density at radius 2 is 1.96 bits per heavy atom. The van der Waals surface area contributed by atoms with Crippen molar-refractivity contribution in [1.29, 1.82) is 0 Å². The molecule has 0 amide bonds. The molecular weight excluding hydrogens is 646 g/mol. The van der Waals surface area contributed by atoms with Gasteiger partial charge in [0.05, 0.1) is 33.4 Å². The van der Waals surface area contributed by atoms with Crippen LogP contribution in [0.3, 0.4) is 0 Å². The summed E-state index contributed by atoms with van der Waals surface area (Å²) in [6, 6.07) is 7.17. The number of ether oxygens (including phenoxy) is 1. The number of hydrogen-bond donors (Lipinski definition) is 1. The lowest BCUT2D eigenvalue weighted by atomic mass is 9.73. The van der Waals surface area contributed by atoms with Gasteiger partial charge in [-0.1, -0.05) is 25.4 Å². The zero-order valence-corrected chi connectivity index (χ0v) is 28.4. The first-order chi connectivity index (χ1) is 22.2. The highest BCUT2D eigenvalue weighted by atomic mass is 35.5. The van der Waals surface area contributed by atoms with Crippen LogP contribution in [0, 0.1) is 19.3 Å². The number of rotatable bonds is 7. The monoisotopic (exact) mass is 682 g/mol. The van der Waals surface area contributed by atoms with Gasteiger partial charge in [0.15, 0.2) is 0 Å². The van der Waals surface area contributed by atoms with Gasteiger partial charge < -0.3 is 9.84 Å². The average molecular weight is 683 g/mol. The van der Waals surface area contributed by atoms with Crippen molar-refractivity contribution < 1.29 is 23.4 Å². The lowest BCUT2D eigenvalue weighted by molar-refractivity contribution is 0.00696. The number of carboxylic acids is 1. The van der Waals surface area contributed by atoms with E-state index in [1.54, 1.807) is 28.1 Å². The number of fused-ring (bicyclic) bond motifs is 2. The molecule has 0 radical (unpaired) electrons. The molecule has 2 fully saturated rings. The van der Waals surface area contributed by atoms with E-state index in [1.165, 1.54) is 11.3 Å². The van der Waals surface area contributed by atoms with Gasteiger partial charge in [-0.25, -0.2) is 18.6 Å². The van der Waals surface area contributed by atoms with Crippen molar-refractivity contribution in [2.24, 2.45) is 5.41 Å². The standard InChI is InChI=1S/C35H37ClF2N4O4S/c1-19-12-24(29-28(39-19)26(16-47-29)32(44)45)23-13-21(36)6-7-27(23)46-11-10-42-20(2)40-30-25(31(42)43)14-22(15-33(30,3)4)41-9-5-8-34(18-41)17-35(34,37)38/h6-7,12-13,16,22H,5,8-11,14-15,17-18H2,1-4H3,(H,44,45)/t22-,34-/m0/s1. The third-order valence-corrected chi connectivity index (χ3v) is 11.5. The lowest BCUT2D eigenvalue weighted by Gasteiger charge is -2.45. The summed E-state index contributed by atoms with van der Waals surface area (Å²) in [5.74, 6) is -2.49. The minimum Gasteiger partial charge on any atom is -0.491 e. The highest BCUT2D eigenvalue weighted by molar-refractivity contribution is 7.18. The molecule has 3 aliphatic rings. The Kier molecular flexibility index (Phi) is 7.76. The van der Waals surface area contributed by atoms with Crippen LogP contribution in [-0.4, -0.2) is 62.2 Å². The van der Waals surface area contributed by atoms with Gasteiger partial charge in [0.1, 0.15) is 18.2 Å². The average Bonchev–Trinajstić information content (AvgIpc) is 3.29. The highest BCUT2D eigenvalue weighted by Gasteiger charge is 2.71. The fraction of sp³-hybridized carbons (Fsp3) is 0.486. The molecule has 1 N–H and O–H groups in total. The van der Waals surface area contributed by atoms with Gasteiger partial charge in [0.2, 0.25) is 0 Å². The summed E-state index contributed by atoms with van der Waals surface area (Å²) in [5.41, 5.74) is 2.76. The van der Waals surface area contributed by atoms with Crippen LogP contribution in [0.5, 0.6) is 5.75 Å². The molecule has 3 aromatic heterocycles. The van der Waals surface area contributed by atoms with E-state index in [1.807, 2.05) is 19.9 Å². The molecule has 0 bridgehead atoms. The van der Waals surface area contributed by atoms with E-state index in [0.29, 0.717) is 63.0 Å². The largest absolute Gasteiger partial charge is 0.491 e. The van der Waals surface area contributed by atoms with Crippen LogP contribution >= 0.6 is 22.9 Å². The van der Waals surface area contributed by atoms with Crippen molar-refractivity contribution in [2.75, 3.05) is 19.7 Å². The number of carboxylic acid groups (broad SMARTS) is 1. The van der Waals surface area contributed by atoms with Crippen molar-refractivity contribution in [3.8, 4) is 16.9 Å². The molecule has 1 saturated heterocycles. The Balaban J connectivity index is 1.15. The highest BCUT2D eigenvalue weighted by Crippen LogP contribution is 2.65. The number of aryl methyl sites for hydroxylation is 2. The fourth-order valence-electron chi connectivity index (χ4n) is 7.84. The van der Waals surface area contributed by atoms with Crippen LogP contribution in [0.15, 0.2) is 34.4 Å². The number of alkyl halides is 2. The number of aromatic nitrogens is 3. The van der Waals surface area contributed by atoms with Crippen LogP contribution < -0.4 is 10.3 Å². The predicted molar refractivity (Wildman–Crippen MR) is 178 cm³/mol. The summed E-state index contributed by atoms with van der Waals surface area (Å²) in [5, 5.41) is 11.8. The molecule has 8 nitrogen and oxygen atoms in total. The summed E-state index contributed by atoms with van der Waals surface area (Å²) < 4.78 is 37.3. The Bertz CT molecular complexity index is 1990. The molecule has 248 valence electrons. The number of likely N-dealkylation sites (tertiary alicyclic amines) is 1. The molecule has 0 unspecified atom stereocenters. The number of pyridine rings is 1. The quantitative estimate of drug-likeness (QED) is 0.219. The van der Waals surface area contributed by atoms with Gasteiger partial charge in [0.25, 0.3) is 11.5 Å². The third kappa shape index (κ3) is 5.54. The number of aromatic carboxylic acids is 1. The number of benzene rings is 1. The summed E-state index contributed by atoms with van der Waals surface area (Å²) in [7, 11) is 0. The second kappa shape index (κ2) is 11.3. The number of piperidine rings is 1. The van der Waals surface area contributed by atoms with Gasteiger partial charge >= 0.3 is 5.97 Å². The summed E-state index contributed by atoms with van der Waals surface area (Å²) in [6.45, 7) is 9.40. The normalized spacial score (nSPS) is 23.2. The number of nitrogens with zero attached hydrogens (tertiary/aromatic N) is 4. The van der Waals surface area contributed by atoms with Crippen LogP contribution in [0.25, 0.3) is 21.3 Å². The van der Waals surface area contributed by atoms with E-state index in [2.05, 4.69) is 23.7 Å². The predicted octanol–water partition coefficient (Wildman–Crippen LogP) is 7.28. The maximum absolute atomic E-state index is 14.3. The lowest BCUT2D eigenvalue weighted by Crippen LogP contribution is -2.52. The molecule has 1 aliphatic heterocycles. The van der Waals surface area contributed by atoms with Crippen molar-refractivity contribution in [3.05, 3.63) is 73.4 Å². The van der Waals surface area contributed by atoms with Gasteiger partial charge in [-0.2, -0.15) is 0 Å². The van der Waals surface area contributed by atoms with Crippen LogP contribution in [-0.2, 0) is 18.4 Å². The van der Waals surface area contributed by atoms with Crippen molar-refractivity contribution >= 4 is 39.1 Å². The molecule has 1 spiro atoms. The van der Waals surface area contributed by atoms with Crippen LogP contribution in [0.1, 0.15) is 72.7 Å². The molecule has 2 aliphatic carbocycles. The summed E-state index contributed by atoms with van der Waals surface area (Å²) >= 11 is 7.72. The minimum atomic E-state index is -2.59. The molecule has 2 atom stereocenters. The fourth-order valence-corrected chi connectivity index (χ4v) is 9.02. The van der Waals surface area contributed by atoms with E-state index >= 15 is 0 Å². The summed E-state index contributed by atoms with van der Waals surface area (Å²) in [6.07, 6.45) is 2.53. The first kappa shape index (κ1) is 32.2. The van der Waals surface area contributed by atoms with E-state index in [0.717, 1.165) is 30.6 Å². The summed E-state index contributed by atoms with van der Waals surface area (Å²) in [4.78, 5) is 37.5. The smallest absolute Gasteiger partial charge is 0.338 e. The molecule has 4 heterocycles. The topological polar surface area (TPSA) is 97.6 Å². The number of thiophene rings is 1. The Hall–Kier alpha value is -3.41. The van der Waals surface area contributed by atoms with E-state index in [-0.39, 0.29) is 42.2 Å². The minimum absolute atomic E-state index is 0.00385. The van der Waals surface area contributed by atoms with Crippen molar-refractivity contribution in [1.82, 2.24) is 19.4 Å². The first-order valence-electron chi connectivity index (χ1n) is 16.0. The maximum atomic E-state index is 14.3. The maximum Gasteiger partial charge on any atom is 0.338 e. The Labute approximate surface area is 280 Å². The first-order valence-corrected chi connectivity index (χ1v) is 17.2. The van der Waals surface area contributed by atoms with E-state index in [4.69, 9.17) is 21.3 Å². The molecule has 12 heteroatoms. The Morgan fingerprint density at radius 3 is 2.68 bits per heavy atom. The molecule has 1 saturated carbocycles. The van der Waals surface area contributed by atoms with Gasteiger partial charge in [-0.3, -0.25) is 19.2 Å². The molecule has 4 aromatic rings. The van der Waals surface area contributed by atoms with Gasteiger partial charge in [-0.05, 0) is 70.3 Å². The van der Waals surface area contributed by atoms with Crippen LogP contribution in [0.2, 0.25) is 5.02 Å². The number of hydrogen-bond acceptors (Lipinski definition) is 7. The SMILES string of the molecule is Cc1cc(-c2cc(Cl)ccc2OCCn2c(C)nc3c(c2=O)C[C@H](N2CCC[C@@]4(C2)CC4(F)F)CC3(C)C)c2scc(C(=O)O)c2n1. The van der Waals surface area contributed by atoms with Crippen molar-refractivity contribution in [2.45, 2.75) is 83.7 Å². The zero-order chi connectivity index (χ0) is 33.5. The Morgan fingerprint density at radius 1 is 1.19 bits per heavy atom. The van der Waals surface area contributed by atoms with Crippen LogP contribution in [0.4, 0.5) is 8.78 Å². The molecular formula is C35H37ClF2N4O4S. The van der Waals surface area contributed by atoms with E-state index in [9.17, 15) is 23.5 Å². The number of halogens is 3. The second-order valence-electron chi connectivity index (χ2n) is 14.1. The molecule has 47 heavy (non-hydrogen) atoms. The molecule has 1 aromatic carbocycles. The van der Waals surface area contributed by atoms with E-state index < -0.39 is 17.3 Å². The third-order valence-electron chi connectivity index (χ3n) is 10.3. The zero-order valence-electron chi connectivity index (χ0n) is 26.8. The number of carbonyl (C=O) groups is 1.